The number of nitrogens with zero attached hydrogens (tertiary/aromatic N) is 5. The predicted molar refractivity (Wildman–Crippen MR) is 91.9 cm³/mol. The van der Waals surface area contributed by atoms with Gasteiger partial charge in [-0.15, -0.1) is 0 Å². The zero-order valence-electron chi connectivity index (χ0n) is 14.9. The fourth-order valence-electron chi connectivity index (χ4n) is 3.09. The van der Waals surface area contributed by atoms with E-state index in [9.17, 15) is 14.4 Å². The minimum Gasteiger partial charge on any atom is -0.468 e. The van der Waals surface area contributed by atoms with Crippen molar-refractivity contribution in [3.8, 4) is 0 Å². The number of carbonyl (C=O) groups is 1. The summed E-state index contributed by atoms with van der Waals surface area (Å²) in [7, 11) is 2.74. The van der Waals surface area contributed by atoms with E-state index in [2.05, 4.69) is 23.6 Å². The molecule has 0 N–H and O–H groups in total. The highest BCUT2D eigenvalue weighted by molar-refractivity contribution is 5.76. The van der Waals surface area contributed by atoms with E-state index in [4.69, 9.17) is 0 Å². The largest absolute Gasteiger partial charge is 0.468 e. The number of hydrogen-bond donors (Lipinski definition) is 0. The van der Waals surface area contributed by atoms with Crippen molar-refractivity contribution in [2.75, 3.05) is 7.11 Å². The zero-order chi connectivity index (χ0) is 18.5. The van der Waals surface area contributed by atoms with E-state index in [-0.39, 0.29) is 11.6 Å². The number of methoxy groups -OCH3 is 1. The van der Waals surface area contributed by atoms with Crippen LogP contribution in [-0.2, 0) is 23.1 Å². The minimum absolute atomic E-state index is 0.198. The van der Waals surface area contributed by atoms with Crippen molar-refractivity contribution in [3.63, 3.8) is 0 Å². The summed E-state index contributed by atoms with van der Waals surface area (Å²) in [5.74, 6) is -0.0579. The van der Waals surface area contributed by atoms with Gasteiger partial charge in [0.05, 0.1) is 7.11 Å². The quantitative estimate of drug-likeness (QED) is 0.645. The van der Waals surface area contributed by atoms with E-state index >= 15 is 0 Å². The van der Waals surface area contributed by atoms with Crippen LogP contribution in [0.2, 0.25) is 0 Å². The molecule has 0 saturated heterocycles. The summed E-state index contributed by atoms with van der Waals surface area (Å²) >= 11 is 0. The number of carbonyl (C=O) groups excluding carboxylic acids is 1. The lowest BCUT2D eigenvalue weighted by molar-refractivity contribution is -0.141. The summed E-state index contributed by atoms with van der Waals surface area (Å²) in [4.78, 5) is 41.4. The molecule has 0 bridgehead atoms. The first-order valence-corrected chi connectivity index (χ1v) is 8.08. The fraction of sp³-hybridized carbons (Fsp3) is 0.500. The Labute approximate surface area is 143 Å². The first kappa shape index (κ1) is 17.0. The molecule has 9 heteroatoms. The monoisotopic (exact) mass is 347 g/mol. The van der Waals surface area contributed by atoms with Crippen LogP contribution < -0.4 is 11.2 Å². The minimum atomic E-state index is -0.660. The topological polar surface area (TPSA) is 92.5 Å². The highest BCUT2D eigenvalue weighted by atomic mass is 16.5. The summed E-state index contributed by atoms with van der Waals surface area (Å²) in [6.07, 6.45) is 2.73. The summed E-state index contributed by atoms with van der Waals surface area (Å²) in [5.41, 5.74) is 0.369. The molecule has 0 fully saturated rings. The maximum atomic E-state index is 12.9. The van der Waals surface area contributed by atoms with E-state index in [0.29, 0.717) is 11.4 Å². The Morgan fingerprint density at radius 1 is 1.36 bits per heavy atom. The summed E-state index contributed by atoms with van der Waals surface area (Å²) < 4.78 is 10.5. The molecular formula is C16H21N5O4. The molecular weight excluding hydrogens is 326 g/mol. The Balaban J connectivity index is 2.42. The maximum absolute atomic E-state index is 12.9. The third-order valence-corrected chi connectivity index (χ3v) is 4.62. The summed E-state index contributed by atoms with van der Waals surface area (Å²) in [6.45, 7) is 5.65. The van der Waals surface area contributed by atoms with Gasteiger partial charge in [0.25, 0.3) is 5.56 Å². The zero-order valence-corrected chi connectivity index (χ0v) is 14.9. The number of esters is 1. The standard InChI is InChI=1S/C16H21N5O4/c1-6-9(2)21-10(3)7-19-12-13(17-15(19)21)18(4)16(24)20(14(12)23)8-11(22)25-5/h7,9H,6,8H2,1-5H3/t9-/m1/s1. The van der Waals surface area contributed by atoms with Crippen molar-refractivity contribution in [3.05, 3.63) is 32.7 Å². The average molecular weight is 347 g/mol. The van der Waals surface area contributed by atoms with Gasteiger partial charge in [-0.05, 0) is 20.3 Å². The number of imidazole rings is 2. The molecule has 25 heavy (non-hydrogen) atoms. The molecule has 134 valence electrons. The Hall–Kier alpha value is -2.84. The number of hydrogen-bond acceptors (Lipinski definition) is 5. The van der Waals surface area contributed by atoms with Gasteiger partial charge < -0.3 is 9.30 Å². The van der Waals surface area contributed by atoms with E-state index in [0.717, 1.165) is 16.7 Å². The van der Waals surface area contributed by atoms with Crippen molar-refractivity contribution in [1.82, 2.24) is 23.1 Å². The van der Waals surface area contributed by atoms with Gasteiger partial charge in [0, 0.05) is 25.0 Å². The second-order valence-electron chi connectivity index (χ2n) is 6.16. The van der Waals surface area contributed by atoms with E-state index in [1.807, 2.05) is 17.7 Å². The third kappa shape index (κ3) is 2.38. The van der Waals surface area contributed by atoms with Gasteiger partial charge in [-0.1, -0.05) is 6.92 Å². The number of rotatable bonds is 4. The molecule has 0 radical (unpaired) electrons. The highest BCUT2D eigenvalue weighted by Gasteiger charge is 2.22. The van der Waals surface area contributed by atoms with Gasteiger partial charge in [-0.25, -0.2) is 9.36 Å². The first-order chi connectivity index (χ1) is 11.8. The van der Waals surface area contributed by atoms with Gasteiger partial charge in [-0.2, -0.15) is 4.98 Å². The van der Waals surface area contributed by atoms with E-state index in [1.165, 1.54) is 18.7 Å². The molecule has 0 aliphatic heterocycles. The molecule has 3 heterocycles. The van der Waals surface area contributed by atoms with Crippen LogP contribution in [0.1, 0.15) is 32.0 Å². The number of aryl methyl sites for hydroxylation is 2. The molecule has 0 amide bonds. The van der Waals surface area contributed by atoms with Gasteiger partial charge in [0.2, 0.25) is 5.78 Å². The van der Waals surface area contributed by atoms with Crippen LogP contribution in [0.3, 0.4) is 0 Å². The smallest absolute Gasteiger partial charge is 0.333 e. The number of ether oxygens (including phenoxy) is 1. The Kier molecular flexibility index (Phi) is 4.02. The summed E-state index contributed by atoms with van der Waals surface area (Å²) in [5, 5.41) is 0. The molecule has 3 aromatic rings. The predicted octanol–water partition coefficient (Wildman–Crippen LogP) is 0.602. The second kappa shape index (κ2) is 5.91. The lowest BCUT2D eigenvalue weighted by Gasteiger charge is -2.12. The summed E-state index contributed by atoms with van der Waals surface area (Å²) in [6, 6.07) is 0.198. The average Bonchev–Trinajstić information content (AvgIpc) is 3.10. The molecule has 0 aliphatic rings. The van der Waals surface area contributed by atoms with Crippen molar-refractivity contribution < 1.29 is 9.53 Å². The van der Waals surface area contributed by atoms with Crippen LogP contribution in [-0.4, -0.2) is 36.2 Å². The number of fused-ring (bicyclic) bond motifs is 3. The van der Waals surface area contributed by atoms with Gasteiger partial charge in [-0.3, -0.25) is 18.6 Å². The van der Waals surface area contributed by atoms with E-state index < -0.39 is 23.8 Å². The molecule has 1 atom stereocenters. The van der Waals surface area contributed by atoms with Gasteiger partial charge >= 0.3 is 11.7 Å². The molecule has 3 rings (SSSR count). The van der Waals surface area contributed by atoms with Gasteiger partial charge in [0.15, 0.2) is 11.2 Å². The Bertz CT molecular complexity index is 1100. The second-order valence-corrected chi connectivity index (χ2v) is 6.16. The lowest BCUT2D eigenvalue weighted by atomic mass is 10.2. The van der Waals surface area contributed by atoms with Crippen molar-refractivity contribution in [2.24, 2.45) is 7.05 Å². The lowest BCUT2D eigenvalue weighted by Crippen LogP contribution is -2.41. The fourth-order valence-corrected chi connectivity index (χ4v) is 3.09. The Morgan fingerprint density at radius 2 is 2.04 bits per heavy atom. The van der Waals surface area contributed by atoms with Crippen molar-refractivity contribution in [1.29, 1.82) is 0 Å². The van der Waals surface area contributed by atoms with Crippen LogP contribution >= 0.6 is 0 Å². The third-order valence-electron chi connectivity index (χ3n) is 4.62. The van der Waals surface area contributed by atoms with Crippen LogP contribution in [0.15, 0.2) is 15.8 Å². The van der Waals surface area contributed by atoms with Gasteiger partial charge in [0.1, 0.15) is 6.54 Å². The normalized spacial score (nSPS) is 12.8. The molecule has 0 aliphatic carbocycles. The molecule has 0 unspecified atom stereocenters. The number of aromatic nitrogens is 5. The molecule has 0 saturated carbocycles. The maximum Gasteiger partial charge on any atom is 0.333 e. The van der Waals surface area contributed by atoms with Crippen LogP contribution in [0.4, 0.5) is 0 Å². The van der Waals surface area contributed by atoms with E-state index in [1.54, 1.807) is 4.40 Å². The first-order valence-electron chi connectivity index (χ1n) is 8.08. The van der Waals surface area contributed by atoms with Crippen LogP contribution in [0.5, 0.6) is 0 Å². The van der Waals surface area contributed by atoms with Crippen LogP contribution in [0.25, 0.3) is 16.9 Å². The molecule has 9 nitrogen and oxygen atoms in total. The van der Waals surface area contributed by atoms with Crippen molar-refractivity contribution in [2.45, 2.75) is 39.8 Å². The highest BCUT2D eigenvalue weighted by Crippen LogP contribution is 2.22. The SMILES string of the molecule is CC[C@@H](C)n1c(C)cn2c3c(=O)n(CC(=O)OC)c(=O)n(C)c3nc12. The molecule has 0 spiro atoms. The molecule has 3 aromatic heterocycles. The molecule has 0 aromatic carbocycles. The van der Waals surface area contributed by atoms with Crippen LogP contribution in [0, 0.1) is 6.92 Å². The van der Waals surface area contributed by atoms with Crippen molar-refractivity contribution >= 4 is 22.9 Å². The Morgan fingerprint density at radius 3 is 2.64 bits per heavy atom.